The number of ether oxygens (including phenoxy) is 1. The van der Waals surface area contributed by atoms with Crippen LogP contribution in [-0.4, -0.2) is 12.2 Å². The average molecular weight is 295 g/mol. The first-order valence-electron chi connectivity index (χ1n) is 5.60. The van der Waals surface area contributed by atoms with Crippen molar-refractivity contribution in [2.45, 2.75) is 6.61 Å². The SMILES string of the molecule is NNC(=O)c1coc(COc2ccc(C=O)cc2Cl)c1. The van der Waals surface area contributed by atoms with Crippen molar-refractivity contribution in [1.82, 2.24) is 5.43 Å². The molecule has 0 aliphatic rings. The topological polar surface area (TPSA) is 94.6 Å². The molecule has 0 spiro atoms. The molecule has 7 heteroatoms. The van der Waals surface area contributed by atoms with Gasteiger partial charge in [0.2, 0.25) is 0 Å². The fraction of sp³-hybridized carbons (Fsp3) is 0.0769. The van der Waals surface area contributed by atoms with Crippen LogP contribution < -0.4 is 16.0 Å². The lowest BCUT2D eigenvalue weighted by atomic mass is 10.2. The summed E-state index contributed by atoms with van der Waals surface area (Å²) in [6.07, 6.45) is 1.97. The Morgan fingerprint density at radius 1 is 1.45 bits per heavy atom. The number of amides is 1. The molecule has 1 heterocycles. The van der Waals surface area contributed by atoms with E-state index in [0.29, 0.717) is 33.9 Å². The molecule has 3 N–H and O–H groups in total. The maximum Gasteiger partial charge on any atom is 0.268 e. The van der Waals surface area contributed by atoms with Crippen LogP contribution in [0.4, 0.5) is 0 Å². The largest absolute Gasteiger partial charge is 0.484 e. The van der Waals surface area contributed by atoms with Gasteiger partial charge in [-0.1, -0.05) is 11.6 Å². The van der Waals surface area contributed by atoms with E-state index in [2.05, 4.69) is 0 Å². The van der Waals surface area contributed by atoms with Crippen molar-refractivity contribution in [3.63, 3.8) is 0 Å². The zero-order valence-corrected chi connectivity index (χ0v) is 11.0. The zero-order valence-electron chi connectivity index (χ0n) is 10.3. The van der Waals surface area contributed by atoms with Gasteiger partial charge in [0.1, 0.15) is 30.7 Å². The quantitative estimate of drug-likeness (QED) is 0.380. The van der Waals surface area contributed by atoms with Crippen LogP contribution in [0.3, 0.4) is 0 Å². The Morgan fingerprint density at radius 2 is 2.25 bits per heavy atom. The van der Waals surface area contributed by atoms with Crippen LogP contribution in [0.5, 0.6) is 5.75 Å². The maximum atomic E-state index is 11.2. The van der Waals surface area contributed by atoms with Crippen LogP contribution >= 0.6 is 11.6 Å². The second-order valence-corrected chi connectivity index (χ2v) is 4.28. The molecule has 0 bridgehead atoms. The fourth-order valence-electron chi connectivity index (χ4n) is 1.52. The number of nitrogen functional groups attached to an aromatic ring is 1. The van der Waals surface area contributed by atoms with E-state index in [4.69, 9.17) is 26.6 Å². The number of furan rings is 1. The number of hydrogen-bond donors (Lipinski definition) is 2. The zero-order chi connectivity index (χ0) is 14.5. The number of aldehydes is 1. The van der Waals surface area contributed by atoms with E-state index in [1.165, 1.54) is 18.4 Å². The van der Waals surface area contributed by atoms with Crippen molar-refractivity contribution in [1.29, 1.82) is 0 Å². The van der Waals surface area contributed by atoms with Gasteiger partial charge in [-0.15, -0.1) is 0 Å². The average Bonchev–Trinajstić information content (AvgIpc) is 2.94. The van der Waals surface area contributed by atoms with Crippen molar-refractivity contribution in [3.8, 4) is 5.75 Å². The number of halogens is 1. The van der Waals surface area contributed by atoms with Gasteiger partial charge in [-0.2, -0.15) is 0 Å². The summed E-state index contributed by atoms with van der Waals surface area (Å²) in [7, 11) is 0. The highest BCUT2D eigenvalue weighted by molar-refractivity contribution is 6.32. The van der Waals surface area contributed by atoms with Gasteiger partial charge in [0.25, 0.3) is 5.91 Å². The van der Waals surface area contributed by atoms with Crippen LogP contribution in [-0.2, 0) is 6.61 Å². The molecule has 6 nitrogen and oxygen atoms in total. The van der Waals surface area contributed by atoms with Crippen LogP contribution in [0.2, 0.25) is 5.02 Å². The number of carbonyl (C=O) groups is 2. The predicted molar refractivity (Wildman–Crippen MR) is 71.5 cm³/mol. The first-order chi connectivity index (χ1) is 9.63. The number of nitrogens with two attached hydrogens (primary N) is 1. The van der Waals surface area contributed by atoms with Crippen LogP contribution in [0, 0.1) is 0 Å². The normalized spacial score (nSPS) is 10.1. The molecule has 104 valence electrons. The Morgan fingerprint density at radius 3 is 2.90 bits per heavy atom. The van der Waals surface area contributed by atoms with E-state index in [9.17, 15) is 9.59 Å². The highest BCUT2D eigenvalue weighted by atomic mass is 35.5. The molecule has 2 rings (SSSR count). The van der Waals surface area contributed by atoms with Crippen LogP contribution in [0.25, 0.3) is 0 Å². The molecule has 0 atom stereocenters. The third-order valence-corrected chi connectivity index (χ3v) is 2.80. The highest BCUT2D eigenvalue weighted by Gasteiger charge is 2.10. The van der Waals surface area contributed by atoms with Gasteiger partial charge < -0.3 is 9.15 Å². The maximum absolute atomic E-state index is 11.2. The summed E-state index contributed by atoms with van der Waals surface area (Å²) in [6.45, 7) is 0.0952. The number of rotatable bonds is 5. The minimum atomic E-state index is -0.451. The molecule has 0 unspecified atom stereocenters. The number of benzene rings is 1. The number of hydrazine groups is 1. The molecular formula is C13H11ClN2O4. The Bertz CT molecular complexity index is 639. The predicted octanol–water partition coefficient (Wildman–Crippen LogP) is 1.93. The van der Waals surface area contributed by atoms with E-state index in [1.54, 1.807) is 12.1 Å². The summed E-state index contributed by atoms with van der Waals surface area (Å²) in [5.74, 6) is 5.42. The Labute approximate surface area is 119 Å². The van der Waals surface area contributed by atoms with Crippen molar-refractivity contribution >= 4 is 23.8 Å². The first kappa shape index (κ1) is 14.1. The van der Waals surface area contributed by atoms with E-state index in [-0.39, 0.29) is 6.61 Å². The van der Waals surface area contributed by atoms with Crippen molar-refractivity contribution in [3.05, 3.63) is 52.4 Å². The number of carbonyl (C=O) groups excluding carboxylic acids is 2. The molecule has 1 amide bonds. The Hall–Kier alpha value is -2.31. The molecule has 0 saturated heterocycles. The van der Waals surface area contributed by atoms with Gasteiger partial charge >= 0.3 is 0 Å². The summed E-state index contributed by atoms with van der Waals surface area (Å²) in [5, 5.41) is 0.320. The van der Waals surface area contributed by atoms with Gasteiger partial charge in [0.15, 0.2) is 0 Å². The summed E-state index contributed by atoms with van der Waals surface area (Å²) < 4.78 is 10.6. The summed E-state index contributed by atoms with van der Waals surface area (Å²) >= 11 is 5.96. The summed E-state index contributed by atoms with van der Waals surface area (Å²) in [6, 6.07) is 6.18. The van der Waals surface area contributed by atoms with Crippen molar-refractivity contribution < 1.29 is 18.7 Å². The van der Waals surface area contributed by atoms with Gasteiger partial charge in [-0.3, -0.25) is 15.0 Å². The molecule has 0 fully saturated rings. The van der Waals surface area contributed by atoms with Crippen molar-refractivity contribution in [2.24, 2.45) is 5.84 Å². The second-order valence-electron chi connectivity index (χ2n) is 3.87. The molecule has 0 aliphatic carbocycles. The van der Waals surface area contributed by atoms with Crippen LogP contribution in [0.15, 0.2) is 34.9 Å². The fourth-order valence-corrected chi connectivity index (χ4v) is 1.76. The lowest BCUT2D eigenvalue weighted by molar-refractivity contribution is 0.0952. The Balaban J connectivity index is 2.03. The Kier molecular flexibility index (Phi) is 4.39. The lowest BCUT2D eigenvalue weighted by Crippen LogP contribution is -2.29. The second kappa shape index (κ2) is 6.23. The first-order valence-corrected chi connectivity index (χ1v) is 5.97. The lowest BCUT2D eigenvalue weighted by Gasteiger charge is -2.06. The van der Waals surface area contributed by atoms with Crippen molar-refractivity contribution in [2.75, 3.05) is 0 Å². The molecule has 1 aromatic carbocycles. The standard InChI is InChI=1S/C13H11ClN2O4/c14-11-3-8(5-17)1-2-12(11)20-7-10-4-9(6-19-10)13(18)16-15/h1-6H,7,15H2,(H,16,18). The third-order valence-electron chi connectivity index (χ3n) is 2.51. The smallest absolute Gasteiger partial charge is 0.268 e. The molecule has 0 aliphatic heterocycles. The minimum Gasteiger partial charge on any atom is -0.484 e. The summed E-state index contributed by atoms with van der Waals surface area (Å²) in [4.78, 5) is 21.8. The number of hydrogen-bond acceptors (Lipinski definition) is 5. The van der Waals surface area contributed by atoms with Gasteiger partial charge in [0, 0.05) is 5.56 Å². The van der Waals surface area contributed by atoms with E-state index < -0.39 is 5.91 Å². The summed E-state index contributed by atoms with van der Waals surface area (Å²) in [5.41, 5.74) is 2.76. The van der Waals surface area contributed by atoms with Gasteiger partial charge in [-0.25, -0.2) is 5.84 Å². The van der Waals surface area contributed by atoms with E-state index in [0.717, 1.165) is 0 Å². The highest BCUT2D eigenvalue weighted by Crippen LogP contribution is 2.26. The van der Waals surface area contributed by atoms with E-state index >= 15 is 0 Å². The molecule has 1 aromatic heterocycles. The van der Waals surface area contributed by atoms with Crippen LogP contribution in [0.1, 0.15) is 26.5 Å². The third kappa shape index (κ3) is 3.17. The van der Waals surface area contributed by atoms with E-state index in [1.807, 2.05) is 5.43 Å². The number of nitrogens with one attached hydrogen (secondary N) is 1. The molecule has 0 saturated carbocycles. The molecule has 0 radical (unpaired) electrons. The molecule has 20 heavy (non-hydrogen) atoms. The van der Waals surface area contributed by atoms with Gasteiger partial charge in [-0.05, 0) is 24.3 Å². The van der Waals surface area contributed by atoms with Gasteiger partial charge in [0.05, 0.1) is 10.6 Å². The molecule has 2 aromatic rings. The monoisotopic (exact) mass is 294 g/mol. The minimum absolute atomic E-state index is 0.0952. The molecular weight excluding hydrogens is 284 g/mol.